The van der Waals surface area contributed by atoms with E-state index in [-0.39, 0.29) is 11.9 Å². The van der Waals surface area contributed by atoms with Gasteiger partial charge in [0.1, 0.15) is 0 Å². The van der Waals surface area contributed by atoms with Crippen molar-refractivity contribution in [3.05, 3.63) is 48.0 Å². The van der Waals surface area contributed by atoms with E-state index in [1.54, 1.807) is 0 Å². The van der Waals surface area contributed by atoms with E-state index in [9.17, 15) is 4.79 Å². The maximum Gasteiger partial charge on any atom is 0.251 e. The Labute approximate surface area is 127 Å². The van der Waals surface area contributed by atoms with Crippen LogP contribution in [0.3, 0.4) is 0 Å². The van der Waals surface area contributed by atoms with Crippen molar-refractivity contribution in [3.63, 3.8) is 0 Å². The summed E-state index contributed by atoms with van der Waals surface area (Å²) >= 11 is 0. The van der Waals surface area contributed by atoms with Crippen LogP contribution in [0.15, 0.2) is 42.5 Å². The third kappa shape index (κ3) is 3.73. The van der Waals surface area contributed by atoms with E-state index in [1.807, 2.05) is 30.3 Å². The van der Waals surface area contributed by atoms with Crippen molar-refractivity contribution < 1.29 is 4.79 Å². The second-order valence-corrected chi connectivity index (χ2v) is 6.07. The van der Waals surface area contributed by atoms with Crippen LogP contribution in [0, 0.1) is 0 Å². The van der Waals surface area contributed by atoms with Gasteiger partial charge in [0.15, 0.2) is 0 Å². The Morgan fingerprint density at radius 1 is 1.00 bits per heavy atom. The maximum atomic E-state index is 12.1. The zero-order valence-corrected chi connectivity index (χ0v) is 12.5. The fourth-order valence-electron chi connectivity index (χ4n) is 3.32. The number of nitrogens with one attached hydrogen (secondary N) is 1. The summed E-state index contributed by atoms with van der Waals surface area (Å²) in [4.78, 5) is 14.7. The molecule has 1 aromatic carbocycles. The van der Waals surface area contributed by atoms with E-state index < -0.39 is 0 Å². The van der Waals surface area contributed by atoms with E-state index >= 15 is 0 Å². The van der Waals surface area contributed by atoms with Crippen LogP contribution < -0.4 is 5.32 Å². The predicted molar refractivity (Wildman–Crippen MR) is 85.3 cm³/mol. The van der Waals surface area contributed by atoms with Gasteiger partial charge in [-0.2, -0.15) is 0 Å². The van der Waals surface area contributed by atoms with Gasteiger partial charge in [-0.3, -0.25) is 9.69 Å². The molecule has 3 nitrogen and oxygen atoms in total. The number of carbonyl (C=O) groups excluding carboxylic acids is 1. The average Bonchev–Trinajstić information content (AvgIpc) is 2.57. The highest BCUT2D eigenvalue weighted by molar-refractivity contribution is 5.94. The van der Waals surface area contributed by atoms with E-state index in [0.717, 1.165) is 18.4 Å². The van der Waals surface area contributed by atoms with E-state index in [2.05, 4.69) is 22.4 Å². The number of piperidine rings is 1. The SMILES string of the molecule is O=C(N[C@@H]1C=C[C@H](N2CCCCC2)CC1)c1ccccc1. The lowest BCUT2D eigenvalue weighted by Crippen LogP contribution is -2.42. The van der Waals surface area contributed by atoms with Crippen LogP contribution in [0.1, 0.15) is 42.5 Å². The Balaban J connectivity index is 1.53. The molecular formula is C18H24N2O. The number of benzene rings is 1. The van der Waals surface area contributed by atoms with Crippen molar-refractivity contribution in [3.8, 4) is 0 Å². The molecule has 1 N–H and O–H groups in total. The van der Waals surface area contributed by atoms with Gasteiger partial charge in [0.2, 0.25) is 0 Å². The summed E-state index contributed by atoms with van der Waals surface area (Å²) in [6.07, 6.45) is 10.7. The van der Waals surface area contributed by atoms with Crippen molar-refractivity contribution in [1.82, 2.24) is 10.2 Å². The van der Waals surface area contributed by atoms with Gasteiger partial charge in [-0.1, -0.05) is 36.8 Å². The van der Waals surface area contributed by atoms with Gasteiger partial charge in [-0.15, -0.1) is 0 Å². The molecule has 2 aliphatic rings. The zero-order chi connectivity index (χ0) is 14.5. The van der Waals surface area contributed by atoms with Gasteiger partial charge in [-0.25, -0.2) is 0 Å². The van der Waals surface area contributed by atoms with Gasteiger partial charge in [-0.05, 0) is 50.9 Å². The van der Waals surface area contributed by atoms with Crippen LogP contribution in [0.4, 0.5) is 0 Å². The fraction of sp³-hybridized carbons (Fsp3) is 0.500. The van der Waals surface area contributed by atoms with Gasteiger partial charge >= 0.3 is 0 Å². The molecule has 0 spiro atoms. The number of carbonyl (C=O) groups is 1. The number of hydrogen-bond donors (Lipinski definition) is 1. The molecule has 0 radical (unpaired) electrons. The quantitative estimate of drug-likeness (QED) is 0.865. The average molecular weight is 284 g/mol. The van der Waals surface area contributed by atoms with Gasteiger partial charge < -0.3 is 5.32 Å². The third-order valence-corrected chi connectivity index (χ3v) is 4.55. The minimum atomic E-state index is 0.0293. The van der Waals surface area contributed by atoms with E-state index in [0.29, 0.717) is 6.04 Å². The lowest BCUT2D eigenvalue weighted by molar-refractivity contribution is 0.0937. The number of rotatable bonds is 3. The first kappa shape index (κ1) is 14.3. The second-order valence-electron chi connectivity index (χ2n) is 6.07. The van der Waals surface area contributed by atoms with Crippen molar-refractivity contribution in [2.45, 2.75) is 44.2 Å². The van der Waals surface area contributed by atoms with Crippen LogP contribution in [0.5, 0.6) is 0 Å². The predicted octanol–water partition coefficient (Wildman–Crippen LogP) is 2.99. The molecule has 1 saturated heterocycles. The van der Waals surface area contributed by atoms with Gasteiger partial charge in [0.25, 0.3) is 5.91 Å². The Hall–Kier alpha value is -1.61. The third-order valence-electron chi connectivity index (χ3n) is 4.55. The van der Waals surface area contributed by atoms with Crippen LogP contribution in [0.25, 0.3) is 0 Å². The van der Waals surface area contributed by atoms with Crippen molar-refractivity contribution in [1.29, 1.82) is 0 Å². The molecule has 1 amide bonds. The molecule has 1 aliphatic heterocycles. The Morgan fingerprint density at radius 2 is 1.76 bits per heavy atom. The minimum absolute atomic E-state index is 0.0293. The summed E-state index contributed by atoms with van der Waals surface area (Å²) in [5.74, 6) is 0.0293. The zero-order valence-electron chi connectivity index (χ0n) is 12.5. The molecule has 1 aromatic rings. The topological polar surface area (TPSA) is 32.3 Å². The maximum absolute atomic E-state index is 12.1. The van der Waals surface area contributed by atoms with Gasteiger partial charge in [0.05, 0.1) is 0 Å². The van der Waals surface area contributed by atoms with Crippen molar-refractivity contribution in [2.75, 3.05) is 13.1 Å². The fourth-order valence-corrected chi connectivity index (χ4v) is 3.32. The molecule has 0 bridgehead atoms. The summed E-state index contributed by atoms with van der Waals surface area (Å²) < 4.78 is 0. The Morgan fingerprint density at radius 3 is 2.43 bits per heavy atom. The normalized spacial score (nSPS) is 26.5. The molecule has 3 heteroatoms. The molecule has 3 rings (SSSR count). The molecule has 1 fully saturated rings. The molecule has 2 atom stereocenters. The largest absolute Gasteiger partial charge is 0.346 e. The molecule has 0 aromatic heterocycles. The highest BCUT2D eigenvalue weighted by atomic mass is 16.1. The first-order chi connectivity index (χ1) is 10.3. The van der Waals surface area contributed by atoms with E-state index in [4.69, 9.17) is 0 Å². The minimum Gasteiger partial charge on any atom is -0.346 e. The number of likely N-dealkylation sites (tertiary alicyclic amines) is 1. The van der Waals surface area contributed by atoms with Crippen LogP contribution in [0.2, 0.25) is 0 Å². The van der Waals surface area contributed by atoms with E-state index in [1.165, 1.54) is 32.4 Å². The first-order valence-corrected chi connectivity index (χ1v) is 8.11. The smallest absolute Gasteiger partial charge is 0.251 e. The first-order valence-electron chi connectivity index (χ1n) is 8.11. The molecular weight excluding hydrogens is 260 g/mol. The van der Waals surface area contributed by atoms with Crippen LogP contribution in [-0.4, -0.2) is 36.0 Å². The number of amides is 1. The lowest BCUT2D eigenvalue weighted by atomic mass is 9.95. The van der Waals surface area contributed by atoms with Crippen LogP contribution in [-0.2, 0) is 0 Å². The summed E-state index contributed by atoms with van der Waals surface area (Å²) in [5.41, 5.74) is 0.740. The Bertz CT molecular complexity index is 491. The molecule has 0 saturated carbocycles. The monoisotopic (exact) mass is 284 g/mol. The van der Waals surface area contributed by atoms with Crippen molar-refractivity contribution in [2.24, 2.45) is 0 Å². The highest BCUT2D eigenvalue weighted by Crippen LogP contribution is 2.21. The summed E-state index contributed by atoms with van der Waals surface area (Å²) in [6, 6.07) is 10.2. The summed E-state index contributed by atoms with van der Waals surface area (Å²) in [7, 11) is 0. The molecule has 1 heterocycles. The second kappa shape index (κ2) is 6.90. The highest BCUT2D eigenvalue weighted by Gasteiger charge is 2.23. The number of nitrogens with zero attached hydrogens (tertiary/aromatic N) is 1. The summed E-state index contributed by atoms with van der Waals surface area (Å²) in [6.45, 7) is 2.46. The van der Waals surface area contributed by atoms with Crippen LogP contribution >= 0.6 is 0 Å². The Kier molecular flexibility index (Phi) is 4.71. The summed E-state index contributed by atoms with van der Waals surface area (Å²) in [5, 5.41) is 3.11. The molecule has 21 heavy (non-hydrogen) atoms. The standard InChI is InChI=1S/C18H24N2O/c21-18(15-7-3-1-4-8-15)19-16-9-11-17(12-10-16)20-13-5-2-6-14-20/h1,3-4,7-9,11,16-17H,2,5-6,10,12-14H2,(H,19,21)/t16-,17+/m1/s1. The van der Waals surface area contributed by atoms with Gasteiger partial charge in [0, 0.05) is 17.6 Å². The molecule has 1 aliphatic carbocycles. The number of hydrogen-bond acceptors (Lipinski definition) is 2. The lowest BCUT2D eigenvalue weighted by Gasteiger charge is -2.35. The molecule has 0 unspecified atom stereocenters. The van der Waals surface area contributed by atoms with Crippen molar-refractivity contribution >= 4 is 5.91 Å². The molecule has 112 valence electrons.